The number of benzene rings is 1. The topological polar surface area (TPSA) is 79.9 Å². The number of nitriles is 1. The number of hydrogen-bond acceptors (Lipinski definition) is 4. The summed E-state index contributed by atoms with van der Waals surface area (Å²) in [6.45, 7) is 1.67. The molecule has 0 unspecified atom stereocenters. The van der Waals surface area contributed by atoms with Gasteiger partial charge in [-0.1, -0.05) is 23.2 Å². The summed E-state index contributed by atoms with van der Waals surface area (Å²) in [5, 5.41) is 14.4. The molecule has 0 saturated carbocycles. The third kappa shape index (κ3) is 4.15. The quantitative estimate of drug-likeness (QED) is 0.824. The zero-order chi connectivity index (χ0) is 18.8. The minimum Gasteiger partial charge on any atom is -0.450 e. The number of ether oxygens (including phenoxy) is 1. The van der Waals surface area contributed by atoms with Crippen LogP contribution < -0.4 is 5.32 Å². The smallest absolute Gasteiger partial charge is 0.416 e. The first-order valence-electron chi connectivity index (χ1n) is 6.68. The van der Waals surface area contributed by atoms with Gasteiger partial charge in [-0.05, 0) is 19.1 Å². The normalized spacial score (nSPS) is 11.1. The summed E-state index contributed by atoms with van der Waals surface area (Å²) in [5.74, 6) is -0.0430. The van der Waals surface area contributed by atoms with Gasteiger partial charge in [0.05, 0.1) is 22.2 Å². The molecule has 0 aliphatic rings. The van der Waals surface area contributed by atoms with Crippen LogP contribution in [0.4, 0.5) is 23.8 Å². The molecule has 1 N–H and O–H groups in total. The molecule has 0 radical (unpaired) electrons. The number of aromatic nitrogens is 2. The van der Waals surface area contributed by atoms with Crippen molar-refractivity contribution in [2.45, 2.75) is 13.1 Å². The van der Waals surface area contributed by atoms with Crippen LogP contribution in [0.1, 0.15) is 18.2 Å². The predicted molar refractivity (Wildman–Crippen MR) is 83.9 cm³/mol. The third-order valence-corrected chi connectivity index (χ3v) is 3.46. The van der Waals surface area contributed by atoms with Gasteiger partial charge in [0.15, 0.2) is 5.69 Å². The number of carbonyl (C=O) groups excluding carboxylic acids is 1. The van der Waals surface area contributed by atoms with Crippen LogP contribution >= 0.6 is 23.2 Å². The Hall–Kier alpha value is -2.44. The maximum Gasteiger partial charge on any atom is 0.416 e. The van der Waals surface area contributed by atoms with Gasteiger partial charge in [-0.15, -0.1) is 0 Å². The molecule has 2 aromatic rings. The molecule has 0 aliphatic heterocycles. The molecule has 11 heteroatoms. The highest BCUT2D eigenvalue weighted by atomic mass is 35.5. The number of anilines is 1. The van der Waals surface area contributed by atoms with Crippen LogP contribution in [0.25, 0.3) is 5.69 Å². The second-order valence-electron chi connectivity index (χ2n) is 4.57. The van der Waals surface area contributed by atoms with Crippen molar-refractivity contribution in [3.8, 4) is 11.8 Å². The van der Waals surface area contributed by atoms with Crippen molar-refractivity contribution in [2.24, 2.45) is 0 Å². The lowest BCUT2D eigenvalue weighted by Crippen LogP contribution is -2.16. The van der Waals surface area contributed by atoms with E-state index in [1.807, 2.05) is 0 Å². The first-order valence-corrected chi connectivity index (χ1v) is 7.43. The van der Waals surface area contributed by atoms with Gasteiger partial charge in [0.2, 0.25) is 0 Å². The molecule has 1 amide bonds. The molecule has 0 bridgehead atoms. The van der Waals surface area contributed by atoms with Crippen molar-refractivity contribution in [1.82, 2.24) is 9.78 Å². The summed E-state index contributed by atoms with van der Waals surface area (Å²) >= 11 is 11.9. The lowest BCUT2D eigenvalue weighted by atomic mass is 10.2. The summed E-state index contributed by atoms with van der Waals surface area (Å²) in [6, 6.07) is 4.29. The van der Waals surface area contributed by atoms with Gasteiger partial charge in [0, 0.05) is 6.07 Å². The van der Waals surface area contributed by atoms with Crippen molar-refractivity contribution < 1.29 is 22.7 Å². The Labute approximate surface area is 149 Å². The summed E-state index contributed by atoms with van der Waals surface area (Å²) < 4.78 is 44.1. The van der Waals surface area contributed by atoms with Crippen molar-refractivity contribution in [2.75, 3.05) is 11.9 Å². The molecule has 2 rings (SSSR count). The highest BCUT2D eigenvalue weighted by Gasteiger charge is 2.32. The lowest BCUT2D eigenvalue weighted by molar-refractivity contribution is -0.137. The van der Waals surface area contributed by atoms with Gasteiger partial charge >= 0.3 is 12.3 Å². The fraction of sp³-hybridized carbons (Fsp3) is 0.214. The number of hydrogen-bond donors (Lipinski definition) is 1. The molecule has 132 valence electrons. The molecule has 1 heterocycles. The van der Waals surface area contributed by atoms with Crippen LogP contribution in [-0.2, 0) is 10.9 Å². The fourth-order valence-electron chi connectivity index (χ4n) is 1.90. The van der Waals surface area contributed by atoms with E-state index in [9.17, 15) is 18.0 Å². The van der Waals surface area contributed by atoms with Gasteiger partial charge in [-0.3, -0.25) is 5.32 Å². The summed E-state index contributed by atoms with van der Waals surface area (Å²) in [5.41, 5.74) is -1.28. The molecule has 6 nitrogen and oxygen atoms in total. The number of nitrogens with zero attached hydrogens (tertiary/aromatic N) is 3. The Morgan fingerprint density at radius 2 is 1.96 bits per heavy atom. The molecule has 0 fully saturated rings. The third-order valence-electron chi connectivity index (χ3n) is 2.89. The largest absolute Gasteiger partial charge is 0.450 e. The number of rotatable bonds is 3. The number of nitrogens with one attached hydrogen (secondary N) is 1. The van der Waals surface area contributed by atoms with Crippen molar-refractivity contribution in [3.63, 3.8) is 0 Å². The van der Waals surface area contributed by atoms with Gasteiger partial charge in [-0.25, -0.2) is 9.48 Å². The fourth-order valence-corrected chi connectivity index (χ4v) is 2.55. The van der Waals surface area contributed by atoms with E-state index in [2.05, 4.69) is 10.4 Å². The standard InChI is InChI=1S/C14H9Cl2F3N4O2/c1-2-25-13(24)21-11-5-8(6-20)22-23(11)12-9(15)3-7(4-10(12)16)14(17,18)19/h3-5H,2H2,1H3,(H,21,24). The molecule has 0 atom stereocenters. The number of halogens is 5. The molecule has 0 spiro atoms. The maximum atomic E-state index is 12.8. The Balaban J connectivity index is 2.57. The van der Waals surface area contributed by atoms with E-state index >= 15 is 0 Å². The zero-order valence-corrected chi connectivity index (χ0v) is 14.0. The van der Waals surface area contributed by atoms with E-state index < -0.39 is 17.8 Å². The van der Waals surface area contributed by atoms with Crippen LogP contribution in [0.3, 0.4) is 0 Å². The molecule has 1 aromatic carbocycles. The van der Waals surface area contributed by atoms with Gasteiger partial charge < -0.3 is 4.74 Å². The van der Waals surface area contributed by atoms with Crippen LogP contribution in [0.15, 0.2) is 18.2 Å². The molecular formula is C14H9Cl2F3N4O2. The van der Waals surface area contributed by atoms with E-state index in [1.54, 1.807) is 13.0 Å². The minimum atomic E-state index is -4.64. The first kappa shape index (κ1) is 18.9. The Morgan fingerprint density at radius 3 is 2.44 bits per heavy atom. The zero-order valence-electron chi connectivity index (χ0n) is 12.5. The number of carbonyl (C=O) groups is 1. The second-order valence-corrected chi connectivity index (χ2v) is 5.38. The van der Waals surface area contributed by atoms with Crippen molar-refractivity contribution >= 4 is 35.1 Å². The Bertz CT molecular complexity index is 836. The van der Waals surface area contributed by atoms with Crippen molar-refractivity contribution in [3.05, 3.63) is 39.5 Å². The lowest BCUT2D eigenvalue weighted by Gasteiger charge is -2.14. The van der Waals surface area contributed by atoms with E-state index in [1.165, 1.54) is 6.07 Å². The van der Waals surface area contributed by atoms with Crippen LogP contribution in [0, 0.1) is 11.3 Å². The average Bonchev–Trinajstić information content (AvgIpc) is 2.88. The van der Waals surface area contributed by atoms with Crippen LogP contribution in [-0.4, -0.2) is 22.5 Å². The van der Waals surface area contributed by atoms with E-state index in [0.717, 1.165) is 4.68 Å². The monoisotopic (exact) mass is 392 g/mol. The second kappa shape index (κ2) is 7.21. The van der Waals surface area contributed by atoms with E-state index in [0.29, 0.717) is 12.1 Å². The average molecular weight is 393 g/mol. The minimum absolute atomic E-state index is 0.0430. The van der Waals surface area contributed by atoms with Crippen LogP contribution in [0.5, 0.6) is 0 Å². The SMILES string of the molecule is CCOC(=O)Nc1cc(C#N)nn1-c1c(Cl)cc(C(F)(F)F)cc1Cl. The molecule has 0 saturated heterocycles. The number of amides is 1. The Kier molecular flexibility index (Phi) is 5.45. The maximum absolute atomic E-state index is 12.8. The van der Waals surface area contributed by atoms with Gasteiger partial charge in [0.25, 0.3) is 0 Å². The first-order chi connectivity index (χ1) is 11.7. The highest BCUT2D eigenvalue weighted by molar-refractivity contribution is 6.38. The highest BCUT2D eigenvalue weighted by Crippen LogP contribution is 2.38. The van der Waals surface area contributed by atoms with Gasteiger partial charge in [-0.2, -0.15) is 23.5 Å². The summed E-state index contributed by atoms with van der Waals surface area (Å²) in [7, 11) is 0. The summed E-state index contributed by atoms with van der Waals surface area (Å²) in [6.07, 6.45) is -5.48. The van der Waals surface area contributed by atoms with Crippen molar-refractivity contribution in [1.29, 1.82) is 5.26 Å². The Morgan fingerprint density at radius 1 is 1.36 bits per heavy atom. The van der Waals surface area contributed by atoms with E-state index in [-0.39, 0.29) is 33.9 Å². The number of alkyl halides is 3. The predicted octanol–water partition coefficient (Wildman–Crippen LogP) is 4.64. The molecule has 25 heavy (non-hydrogen) atoms. The van der Waals surface area contributed by atoms with Gasteiger partial charge in [0.1, 0.15) is 17.6 Å². The molecule has 0 aliphatic carbocycles. The van der Waals surface area contributed by atoms with Crippen LogP contribution in [0.2, 0.25) is 10.0 Å². The van der Waals surface area contributed by atoms with E-state index in [4.69, 9.17) is 33.2 Å². The summed E-state index contributed by atoms with van der Waals surface area (Å²) in [4.78, 5) is 11.6. The molecule has 1 aromatic heterocycles. The molecular weight excluding hydrogens is 384 g/mol.